The summed E-state index contributed by atoms with van der Waals surface area (Å²) >= 11 is 0. The Labute approximate surface area is 133 Å². The van der Waals surface area contributed by atoms with E-state index in [1.54, 1.807) is 30.3 Å². The van der Waals surface area contributed by atoms with Crippen LogP contribution in [0.25, 0.3) is 0 Å². The molecule has 0 radical (unpaired) electrons. The van der Waals surface area contributed by atoms with E-state index in [-0.39, 0.29) is 13.0 Å². The van der Waals surface area contributed by atoms with Crippen molar-refractivity contribution in [2.45, 2.75) is 18.6 Å². The van der Waals surface area contributed by atoms with Gasteiger partial charge in [-0.15, -0.1) is 0 Å². The monoisotopic (exact) mass is 314 g/mol. The number of hydrogen-bond acceptors (Lipinski definition) is 4. The molecule has 0 fully saturated rings. The van der Waals surface area contributed by atoms with Gasteiger partial charge in [0.05, 0.1) is 0 Å². The molecule has 0 aromatic heterocycles. The normalized spacial score (nSPS) is 13.0. The molecule has 2 amide bonds. The van der Waals surface area contributed by atoms with E-state index in [1.807, 2.05) is 30.3 Å². The molecular weight excluding hydrogens is 296 g/mol. The first-order chi connectivity index (χ1) is 11.1. The van der Waals surface area contributed by atoms with E-state index >= 15 is 0 Å². The molecule has 0 aliphatic heterocycles. The summed E-state index contributed by atoms with van der Waals surface area (Å²) in [4.78, 5) is 24.1. The number of rotatable bonds is 6. The summed E-state index contributed by atoms with van der Waals surface area (Å²) in [6.07, 6.45) is -0.249. The van der Waals surface area contributed by atoms with E-state index in [0.29, 0.717) is 5.56 Å². The minimum atomic E-state index is -2.40. The van der Waals surface area contributed by atoms with E-state index in [0.717, 1.165) is 5.56 Å². The van der Waals surface area contributed by atoms with Gasteiger partial charge in [0.15, 0.2) is 0 Å². The van der Waals surface area contributed by atoms with Crippen LogP contribution in [0.5, 0.6) is 0 Å². The van der Waals surface area contributed by atoms with Gasteiger partial charge in [-0.05, 0) is 11.1 Å². The third-order valence-corrected chi connectivity index (χ3v) is 3.45. The van der Waals surface area contributed by atoms with Crippen LogP contribution in [-0.2, 0) is 22.6 Å². The van der Waals surface area contributed by atoms with Crippen LogP contribution in [0.2, 0.25) is 0 Å². The van der Waals surface area contributed by atoms with Crippen LogP contribution in [0, 0.1) is 0 Å². The van der Waals surface area contributed by atoms with Gasteiger partial charge in [-0.2, -0.15) is 0 Å². The molecule has 4 N–H and O–H groups in total. The molecule has 2 rings (SSSR count). The predicted molar refractivity (Wildman–Crippen MR) is 83.3 cm³/mol. The Kier molecular flexibility index (Phi) is 5.46. The third-order valence-electron chi connectivity index (χ3n) is 3.45. The van der Waals surface area contributed by atoms with Crippen molar-refractivity contribution < 1.29 is 19.9 Å². The first kappa shape index (κ1) is 16.7. The molecule has 120 valence electrons. The first-order valence-electron chi connectivity index (χ1n) is 7.09. The lowest BCUT2D eigenvalue weighted by molar-refractivity contribution is -0.159. The summed E-state index contributed by atoms with van der Waals surface area (Å²) in [7, 11) is 0. The van der Waals surface area contributed by atoms with Crippen molar-refractivity contribution in [3.8, 4) is 0 Å². The van der Waals surface area contributed by atoms with E-state index in [4.69, 9.17) is 5.21 Å². The van der Waals surface area contributed by atoms with Crippen molar-refractivity contribution in [3.05, 3.63) is 71.8 Å². The van der Waals surface area contributed by atoms with E-state index in [2.05, 4.69) is 5.32 Å². The Hall–Kier alpha value is -2.70. The largest absolute Gasteiger partial charge is 0.371 e. The fourth-order valence-electron chi connectivity index (χ4n) is 2.17. The number of carbonyl (C=O) groups excluding carboxylic acids is 2. The van der Waals surface area contributed by atoms with Gasteiger partial charge in [-0.1, -0.05) is 60.7 Å². The molecule has 0 bridgehead atoms. The minimum absolute atomic E-state index is 0.162. The van der Waals surface area contributed by atoms with E-state index < -0.39 is 17.4 Å². The van der Waals surface area contributed by atoms with Gasteiger partial charge in [0.25, 0.3) is 11.8 Å². The average Bonchev–Trinajstić information content (AvgIpc) is 2.60. The van der Waals surface area contributed by atoms with E-state index in [9.17, 15) is 14.7 Å². The molecule has 6 nitrogen and oxygen atoms in total. The Balaban J connectivity index is 2.13. The lowest BCUT2D eigenvalue weighted by Crippen LogP contribution is -2.57. The molecule has 2 aromatic carbocycles. The van der Waals surface area contributed by atoms with Crippen molar-refractivity contribution in [2.75, 3.05) is 0 Å². The summed E-state index contributed by atoms with van der Waals surface area (Å²) < 4.78 is 0. The smallest absolute Gasteiger partial charge is 0.285 e. The maximum Gasteiger partial charge on any atom is 0.285 e. The molecule has 0 unspecified atom stereocenters. The molecule has 23 heavy (non-hydrogen) atoms. The Morgan fingerprint density at radius 2 is 1.39 bits per heavy atom. The summed E-state index contributed by atoms with van der Waals surface area (Å²) in [6.45, 7) is 0.162. The zero-order chi connectivity index (χ0) is 16.7. The van der Waals surface area contributed by atoms with Gasteiger partial charge < -0.3 is 10.4 Å². The van der Waals surface area contributed by atoms with Gasteiger partial charge in [0.1, 0.15) is 0 Å². The number of nitrogens with one attached hydrogen (secondary N) is 2. The second-order valence-corrected chi connectivity index (χ2v) is 5.13. The highest BCUT2D eigenvalue weighted by Gasteiger charge is 2.44. The summed E-state index contributed by atoms with van der Waals surface area (Å²) in [5, 5.41) is 21.9. The van der Waals surface area contributed by atoms with Crippen molar-refractivity contribution in [1.29, 1.82) is 0 Å². The Bertz CT molecular complexity index is 661. The zero-order valence-electron chi connectivity index (χ0n) is 12.4. The molecule has 0 saturated carbocycles. The highest BCUT2D eigenvalue weighted by Crippen LogP contribution is 2.15. The number of hydroxylamine groups is 1. The number of amides is 2. The number of benzene rings is 2. The molecule has 0 aliphatic rings. The molecule has 2 aromatic rings. The van der Waals surface area contributed by atoms with Crippen LogP contribution in [0.15, 0.2) is 60.7 Å². The fraction of sp³-hybridized carbons (Fsp3) is 0.176. The molecule has 0 aliphatic carbocycles. The van der Waals surface area contributed by atoms with Gasteiger partial charge in [-0.25, -0.2) is 5.48 Å². The fourth-order valence-corrected chi connectivity index (χ4v) is 2.17. The molecule has 1 atom stereocenters. The average molecular weight is 314 g/mol. The number of carbonyl (C=O) groups is 2. The SMILES string of the molecule is O=C(NO)[C@@](O)(Cc1ccccc1)C(=O)NCc1ccccc1. The summed E-state index contributed by atoms with van der Waals surface area (Å²) in [5.74, 6) is -2.05. The summed E-state index contributed by atoms with van der Waals surface area (Å²) in [6, 6.07) is 17.7. The molecular formula is C17H18N2O4. The van der Waals surface area contributed by atoms with Gasteiger partial charge in [0.2, 0.25) is 5.60 Å². The van der Waals surface area contributed by atoms with Crippen LogP contribution >= 0.6 is 0 Å². The second-order valence-electron chi connectivity index (χ2n) is 5.13. The highest BCUT2D eigenvalue weighted by molar-refractivity contribution is 6.08. The molecule has 6 heteroatoms. The van der Waals surface area contributed by atoms with Gasteiger partial charge in [-0.3, -0.25) is 14.8 Å². The lowest BCUT2D eigenvalue weighted by atomic mass is 9.92. The quantitative estimate of drug-likeness (QED) is 0.360. The first-order valence-corrected chi connectivity index (χ1v) is 7.09. The lowest BCUT2D eigenvalue weighted by Gasteiger charge is -2.24. The third kappa shape index (κ3) is 4.15. The van der Waals surface area contributed by atoms with Crippen LogP contribution in [-0.4, -0.2) is 27.7 Å². The molecule has 0 heterocycles. The number of hydrogen-bond donors (Lipinski definition) is 4. The van der Waals surface area contributed by atoms with Gasteiger partial charge >= 0.3 is 0 Å². The predicted octanol–water partition coefficient (Wildman–Crippen LogP) is 0.782. The van der Waals surface area contributed by atoms with Crippen molar-refractivity contribution in [1.82, 2.24) is 10.8 Å². The van der Waals surface area contributed by atoms with Crippen LogP contribution in [0.3, 0.4) is 0 Å². The maximum atomic E-state index is 12.3. The van der Waals surface area contributed by atoms with Crippen LogP contribution in [0.1, 0.15) is 11.1 Å². The summed E-state index contributed by atoms with van der Waals surface area (Å²) in [5.41, 5.74) is 0.375. The zero-order valence-corrected chi connectivity index (χ0v) is 12.4. The van der Waals surface area contributed by atoms with Crippen LogP contribution in [0.4, 0.5) is 0 Å². The maximum absolute atomic E-state index is 12.3. The second kappa shape index (κ2) is 7.53. The Morgan fingerprint density at radius 1 is 0.870 bits per heavy atom. The van der Waals surface area contributed by atoms with Crippen LogP contribution < -0.4 is 10.8 Å². The Morgan fingerprint density at radius 3 is 1.91 bits per heavy atom. The van der Waals surface area contributed by atoms with Crippen molar-refractivity contribution >= 4 is 11.8 Å². The standard InChI is InChI=1S/C17H18N2O4/c20-15(18-12-14-9-5-2-6-10-14)17(22,16(21)19-23)11-13-7-3-1-4-8-13/h1-10,22-23H,11-12H2,(H,18,20)(H,19,21)/t17-/m1/s1. The molecule has 0 saturated heterocycles. The van der Waals surface area contributed by atoms with E-state index in [1.165, 1.54) is 5.48 Å². The van der Waals surface area contributed by atoms with Gasteiger partial charge in [0, 0.05) is 13.0 Å². The number of aliphatic hydroxyl groups is 1. The minimum Gasteiger partial charge on any atom is -0.371 e. The van der Waals surface area contributed by atoms with Crippen molar-refractivity contribution in [3.63, 3.8) is 0 Å². The van der Waals surface area contributed by atoms with Crippen molar-refractivity contribution in [2.24, 2.45) is 0 Å². The molecule has 0 spiro atoms. The highest BCUT2D eigenvalue weighted by atomic mass is 16.5. The topological polar surface area (TPSA) is 98.7 Å².